The molecule has 1 atom stereocenters. The number of nitrogen functional groups attached to an aromatic ring is 1. The summed E-state index contributed by atoms with van der Waals surface area (Å²) in [7, 11) is 1.48. The fourth-order valence-corrected chi connectivity index (χ4v) is 5.22. The minimum atomic E-state index is -4.53. The summed E-state index contributed by atoms with van der Waals surface area (Å²) < 4.78 is 48.5. The number of rotatable bonds is 6. The number of fused-ring (bicyclic) bond motifs is 1. The lowest BCUT2D eigenvalue weighted by Crippen LogP contribution is -2.18. The molecule has 194 valence electrons. The summed E-state index contributed by atoms with van der Waals surface area (Å²) in [5, 5.41) is 3.19. The molecule has 0 bridgehead atoms. The van der Waals surface area contributed by atoms with Gasteiger partial charge in [0.1, 0.15) is 33.9 Å². The van der Waals surface area contributed by atoms with Gasteiger partial charge in [-0.2, -0.15) is 13.2 Å². The first-order chi connectivity index (χ1) is 18.2. The van der Waals surface area contributed by atoms with Gasteiger partial charge in [-0.25, -0.2) is 9.97 Å². The van der Waals surface area contributed by atoms with Gasteiger partial charge in [0.15, 0.2) is 0 Å². The van der Waals surface area contributed by atoms with Crippen molar-refractivity contribution in [3.05, 3.63) is 89.2 Å². The number of benzene rings is 2. The molecular formula is C27H22F3N5O2S. The number of pyridine rings is 1. The first kappa shape index (κ1) is 25.3. The lowest BCUT2D eigenvalue weighted by molar-refractivity contribution is -0.138. The van der Waals surface area contributed by atoms with Gasteiger partial charge >= 0.3 is 6.18 Å². The molecule has 1 unspecified atom stereocenters. The summed E-state index contributed by atoms with van der Waals surface area (Å²) >= 11 is 1.15. The van der Waals surface area contributed by atoms with Gasteiger partial charge in [0.05, 0.1) is 16.6 Å². The number of imidazole rings is 1. The van der Waals surface area contributed by atoms with Gasteiger partial charge < -0.3 is 15.8 Å². The SMILES string of the molecule is CNC(=O)c1sc(-n2cnc3cc(-c4ccnc(N)c4)ccc32)cc1OC(C)c1ccccc1C(F)(F)F. The number of nitrogens with two attached hydrogens (primary N) is 1. The van der Waals surface area contributed by atoms with Crippen LogP contribution < -0.4 is 15.8 Å². The zero-order valence-electron chi connectivity index (χ0n) is 20.3. The Labute approximate surface area is 219 Å². The largest absolute Gasteiger partial charge is 0.484 e. The van der Waals surface area contributed by atoms with Crippen LogP contribution in [0, 0.1) is 0 Å². The highest BCUT2D eigenvalue weighted by atomic mass is 32.1. The maximum Gasteiger partial charge on any atom is 0.416 e. The van der Waals surface area contributed by atoms with Crippen LogP contribution in [0.15, 0.2) is 73.2 Å². The molecule has 2 aromatic carbocycles. The first-order valence-corrected chi connectivity index (χ1v) is 12.4. The molecule has 7 nitrogen and oxygen atoms in total. The number of nitrogens with one attached hydrogen (secondary N) is 1. The molecule has 5 aromatic rings. The first-order valence-electron chi connectivity index (χ1n) is 11.5. The predicted molar refractivity (Wildman–Crippen MR) is 140 cm³/mol. The van der Waals surface area contributed by atoms with E-state index in [1.165, 1.54) is 32.2 Å². The molecule has 0 saturated heterocycles. The number of alkyl halides is 3. The third-order valence-corrected chi connectivity index (χ3v) is 7.14. The normalized spacial score (nSPS) is 12.4. The van der Waals surface area contributed by atoms with Gasteiger partial charge in [-0.3, -0.25) is 9.36 Å². The fraction of sp³-hybridized carbons (Fsp3) is 0.148. The molecule has 1 amide bonds. The Kier molecular flexibility index (Phi) is 6.53. The average Bonchev–Trinajstić information content (AvgIpc) is 3.51. The highest BCUT2D eigenvalue weighted by Gasteiger charge is 2.35. The van der Waals surface area contributed by atoms with E-state index in [0.717, 1.165) is 34.0 Å². The Morgan fingerprint density at radius 3 is 2.58 bits per heavy atom. The van der Waals surface area contributed by atoms with E-state index in [4.69, 9.17) is 10.5 Å². The summed E-state index contributed by atoms with van der Waals surface area (Å²) in [6.45, 7) is 1.52. The Morgan fingerprint density at radius 2 is 1.84 bits per heavy atom. The number of amides is 1. The number of carbonyl (C=O) groups is 1. The second kappa shape index (κ2) is 9.82. The van der Waals surface area contributed by atoms with Crippen LogP contribution in [0.25, 0.3) is 27.2 Å². The Morgan fingerprint density at radius 1 is 1.08 bits per heavy atom. The summed E-state index contributed by atoms with van der Waals surface area (Å²) in [5.74, 6) is 0.183. The van der Waals surface area contributed by atoms with Gasteiger partial charge in [0, 0.05) is 24.9 Å². The zero-order chi connectivity index (χ0) is 27.0. The predicted octanol–water partition coefficient (Wildman–Crippen LogP) is 6.25. The lowest BCUT2D eigenvalue weighted by atomic mass is 10.0. The minimum absolute atomic E-state index is 0.0204. The van der Waals surface area contributed by atoms with Crippen molar-refractivity contribution in [1.29, 1.82) is 0 Å². The second-order valence-electron chi connectivity index (χ2n) is 8.49. The van der Waals surface area contributed by atoms with Crippen LogP contribution in [0.1, 0.15) is 33.8 Å². The third kappa shape index (κ3) is 4.80. The van der Waals surface area contributed by atoms with Crippen LogP contribution in [0.4, 0.5) is 19.0 Å². The van der Waals surface area contributed by atoms with Crippen LogP contribution in [-0.4, -0.2) is 27.5 Å². The molecule has 0 radical (unpaired) electrons. The van der Waals surface area contributed by atoms with Crippen LogP contribution in [-0.2, 0) is 6.18 Å². The van der Waals surface area contributed by atoms with Crippen molar-refractivity contribution >= 4 is 34.1 Å². The molecule has 38 heavy (non-hydrogen) atoms. The molecule has 3 heterocycles. The van der Waals surface area contributed by atoms with Gasteiger partial charge in [-0.1, -0.05) is 24.3 Å². The van der Waals surface area contributed by atoms with Crippen LogP contribution >= 0.6 is 11.3 Å². The van der Waals surface area contributed by atoms with E-state index < -0.39 is 23.8 Å². The summed E-state index contributed by atoms with van der Waals surface area (Å²) in [6, 6.07) is 16.2. The summed E-state index contributed by atoms with van der Waals surface area (Å²) in [5.41, 5.74) is 8.31. The zero-order valence-corrected chi connectivity index (χ0v) is 21.1. The van der Waals surface area contributed by atoms with Crippen molar-refractivity contribution in [1.82, 2.24) is 19.9 Å². The number of nitrogens with zero attached hydrogens (tertiary/aromatic N) is 3. The highest BCUT2D eigenvalue weighted by Crippen LogP contribution is 2.39. The van der Waals surface area contributed by atoms with Crippen molar-refractivity contribution in [3.8, 4) is 21.9 Å². The van der Waals surface area contributed by atoms with Gasteiger partial charge in [0.2, 0.25) is 0 Å². The van der Waals surface area contributed by atoms with Crippen molar-refractivity contribution in [2.75, 3.05) is 12.8 Å². The van der Waals surface area contributed by atoms with Crippen molar-refractivity contribution in [2.45, 2.75) is 19.2 Å². The molecule has 0 saturated carbocycles. The van der Waals surface area contributed by atoms with E-state index in [9.17, 15) is 18.0 Å². The van der Waals surface area contributed by atoms with Crippen molar-refractivity contribution in [2.24, 2.45) is 0 Å². The number of aromatic nitrogens is 3. The summed E-state index contributed by atoms with van der Waals surface area (Å²) in [6.07, 6.45) is -2.24. The summed E-state index contributed by atoms with van der Waals surface area (Å²) in [4.78, 5) is 21.4. The molecule has 0 fully saturated rings. The van der Waals surface area contributed by atoms with Crippen LogP contribution in [0.3, 0.4) is 0 Å². The molecule has 3 N–H and O–H groups in total. The van der Waals surface area contributed by atoms with E-state index in [1.807, 2.05) is 24.3 Å². The number of ether oxygens (including phenoxy) is 1. The lowest BCUT2D eigenvalue weighted by Gasteiger charge is -2.19. The third-order valence-electron chi connectivity index (χ3n) is 6.03. The van der Waals surface area contributed by atoms with E-state index in [2.05, 4.69) is 15.3 Å². The minimum Gasteiger partial charge on any atom is -0.484 e. The molecule has 5 rings (SSSR count). The Hall–Kier alpha value is -4.38. The van der Waals surface area contributed by atoms with E-state index in [1.54, 1.807) is 29.2 Å². The van der Waals surface area contributed by atoms with E-state index >= 15 is 0 Å². The smallest absolute Gasteiger partial charge is 0.416 e. The number of halogens is 3. The molecule has 11 heteroatoms. The molecular weight excluding hydrogens is 515 g/mol. The molecule has 0 aliphatic rings. The number of hydrogen-bond donors (Lipinski definition) is 2. The van der Waals surface area contributed by atoms with Crippen LogP contribution in [0.2, 0.25) is 0 Å². The standard InChI is InChI=1S/C27H22F3N5O2S/c1-15(18-5-3-4-6-19(18)27(28,29)30)37-22-13-24(38-25(22)26(36)32-2)35-14-34-20-11-16(7-8-21(20)35)17-9-10-33-23(31)12-17/h3-15H,1-2H3,(H2,31,33)(H,32,36). The monoisotopic (exact) mass is 537 g/mol. The molecule has 0 aliphatic carbocycles. The number of hydrogen-bond acceptors (Lipinski definition) is 6. The Balaban J connectivity index is 1.52. The van der Waals surface area contributed by atoms with E-state index in [0.29, 0.717) is 16.3 Å². The fourth-order valence-electron chi connectivity index (χ4n) is 4.20. The van der Waals surface area contributed by atoms with E-state index in [-0.39, 0.29) is 16.2 Å². The molecule has 3 aromatic heterocycles. The number of thiophene rings is 1. The maximum atomic E-state index is 13.6. The maximum absolute atomic E-state index is 13.6. The van der Waals surface area contributed by atoms with Crippen LogP contribution in [0.5, 0.6) is 5.75 Å². The quantitative estimate of drug-likeness (QED) is 0.267. The highest BCUT2D eigenvalue weighted by molar-refractivity contribution is 7.16. The van der Waals surface area contributed by atoms with Gasteiger partial charge in [-0.05, 0) is 48.4 Å². The van der Waals surface area contributed by atoms with Crippen molar-refractivity contribution in [3.63, 3.8) is 0 Å². The average molecular weight is 538 g/mol. The second-order valence-corrected chi connectivity index (χ2v) is 9.52. The van der Waals surface area contributed by atoms with Gasteiger partial charge in [-0.15, -0.1) is 11.3 Å². The number of carbonyl (C=O) groups excluding carboxylic acids is 1. The van der Waals surface area contributed by atoms with Crippen molar-refractivity contribution < 1.29 is 22.7 Å². The molecule has 0 aliphatic heterocycles. The Bertz CT molecular complexity index is 1640. The topological polar surface area (TPSA) is 95.1 Å². The number of anilines is 1. The van der Waals surface area contributed by atoms with Gasteiger partial charge in [0.25, 0.3) is 5.91 Å². The molecule has 0 spiro atoms.